The van der Waals surface area contributed by atoms with Gasteiger partial charge in [0.2, 0.25) is 0 Å². The van der Waals surface area contributed by atoms with Gasteiger partial charge in [-0.1, -0.05) is 6.07 Å². The Morgan fingerprint density at radius 1 is 1.41 bits per heavy atom. The van der Waals surface area contributed by atoms with Gasteiger partial charge in [-0.05, 0) is 12.1 Å². The maximum atomic E-state index is 11.9. The summed E-state index contributed by atoms with van der Waals surface area (Å²) in [5, 5.41) is 0. The van der Waals surface area contributed by atoms with E-state index in [9.17, 15) is 12.8 Å². The molecule has 0 heterocycles. The van der Waals surface area contributed by atoms with E-state index in [1.54, 1.807) is 18.2 Å². The van der Waals surface area contributed by atoms with Crippen LogP contribution < -0.4 is 9.46 Å². The van der Waals surface area contributed by atoms with Gasteiger partial charge in [-0.3, -0.25) is 4.72 Å². The SMILES string of the molecule is CN(C)S(=O)(=O)Nc1cccc(OCCF)c1. The molecule has 7 heteroatoms. The number of anilines is 1. The summed E-state index contributed by atoms with van der Waals surface area (Å²) in [5.41, 5.74) is 0.370. The van der Waals surface area contributed by atoms with Gasteiger partial charge in [0.25, 0.3) is 0 Å². The average Bonchev–Trinajstić information content (AvgIpc) is 2.26. The first-order valence-corrected chi connectivity index (χ1v) is 6.39. The van der Waals surface area contributed by atoms with Crippen molar-refractivity contribution in [1.29, 1.82) is 0 Å². The van der Waals surface area contributed by atoms with Crippen LogP contribution in [0.4, 0.5) is 10.1 Å². The molecule has 5 nitrogen and oxygen atoms in total. The number of rotatable bonds is 6. The van der Waals surface area contributed by atoms with Crippen LogP contribution in [-0.2, 0) is 10.2 Å². The van der Waals surface area contributed by atoms with Gasteiger partial charge < -0.3 is 4.74 Å². The third-order valence-electron chi connectivity index (χ3n) is 1.91. The van der Waals surface area contributed by atoms with E-state index in [-0.39, 0.29) is 6.61 Å². The van der Waals surface area contributed by atoms with Gasteiger partial charge >= 0.3 is 10.2 Å². The maximum Gasteiger partial charge on any atom is 0.301 e. The van der Waals surface area contributed by atoms with Crippen LogP contribution >= 0.6 is 0 Å². The van der Waals surface area contributed by atoms with Crippen LogP contribution in [0.3, 0.4) is 0 Å². The Labute approximate surface area is 100 Å². The Kier molecular flexibility index (Phi) is 4.71. The molecule has 1 rings (SSSR count). The van der Waals surface area contributed by atoms with Gasteiger partial charge in [-0.2, -0.15) is 12.7 Å². The van der Waals surface area contributed by atoms with Crippen molar-refractivity contribution in [2.45, 2.75) is 0 Å². The van der Waals surface area contributed by atoms with Crippen molar-refractivity contribution in [3.05, 3.63) is 24.3 Å². The van der Waals surface area contributed by atoms with E-state index >= 15 is 0 Å². The fraction of sp³-hybridized carbons (Fsp3) is 0.400. The fourth-order valence-electron chi connectivity index (χ4n) is 1.05. The van der Waals surface area contributed by atoms with E-state index in [1.165, 1.54) is 20.2 Å². The second kappa shape index (κ2) is 5.83. The minimum atomic E-state index is -3.53. The molecule has 17 heavy (non-hydrogen) atoms. The molecule has 0 saturated carbocycles. The molecule has 0 unspecified atom stereocenters. The zero-order chi connectivity index (χ0) is 12.9. The van der Waals surface area contributed by atoms with Gasteiger partial charge in [0.05, 0.1) is 5.69 Å². The number of halogens is 1. The lowest BCUT2D eigenvalue weighted by Gasteiger charge is -2.14. The first kappa shape index (κ1) is 13.7. The number of nitrogens with zero attached hydrogens (tertiary/aromatic N) is 1. The van der Waals surface area contributed by atoms with Crippen LogP contribution in [0.5, 0.6) is 5.75 Å². The highest BCUT2D eigenvalue weighted by molar-refractivity contribution is 7.90. The molecule has 1 aromatic rings. The Hall–Kier alpha value is -1.34. The zero-order valence-electron chi connectivity index (χ0n) is 9.68. The normalized spacial score (nSPS) is 11.5. The molecule has 96 valence electrons. The smallest absolute Gasteiger partial charge is 0.301 e. The molecule has 0 aliphatic carbocycles. The summed E-state index contributed by atoms with van der Waals surface area (Å²) in [6, 6.07) is 6.34. The predicted molar refractivity (Wildman–Crippen MR) is 64.1 cm³/mol. The molecule has 0 fully saturated rings. The number of ether oxygens (including phenoxy) is 1. The quantitative estimate of drug-likeness (QED) is 0.839. The van der Waals surface area contributed by atoms with Crippen molar-refractivity contribution in [2.24, 2.45) is 0 Å². The Bertz CT molecular complexity index is 462. The second-order valence-electron chi connectivity index (χ2n) is 3.45. The number of benzene rings is 1. The lowest BCUT2D eigenvalue weighted by Crippen LogP contribution is -2.28. The first-order valence-electron chi connectivity index (χ1n) is 4.95. The van der Waals surface area contributed by atoms with Gasteiger partial charge in [-0.15, -0.1) is 0 Å². The van der Waals surface area contributed by atoms with Crippen LogP contribution in [0.25, 0.3) is 0 Å². The molecule has 0 aromatic heterocycles. The summed E-state index contributed by atoms with van der Waals surface area (Å²) >= 11 is 0. The zero-order valence-corrected chi connectivity index (χ0v) is 10.5. The van der Waals surface area contributed by atoms with Gasteiger partial charge in [0, 0.05) is 20.2 Å². The van der Waals surface area contributed by atoms with Gasteiger partial charge in [0.1, 0.15) is 19.0 Å². The van der Waals surface area contributed by atoms with E-state index in [1.807, 2.05) is 0 Å². The summed E-state index contributed by atoms with van der Waals surface area (Å²) in [5.74, 6) is 0.418. The van der Waals surface area contributed by atoms with E-state index < -0.39 is 16.9 Å². The van der Waals surface area contributed by atoms with Crippen molar-refractivity contribution >= 4 is 15.9 Å². The lowest BCUT2D eigenvalue weighted by atomic mass is 10.3. The van der Waals surface area contributed by atoms with Crippen molar-refractivity contribution in [1.82, 2.24) is 4.31 Å². The number of hydrogen-bond donors (Lipinski definition) is 1. The Morgan fingerprint density at radius 2 is 2.12 bits per heavy atom. The molecule has 1 aromatic carbocycles. The summed E-state index contributed by atoms with van der Waals surface area (Å²) in [6.07, 6.45) is 0. The molecule has 0 aliphatic heterocycles. The minimum absolute atomic E-state index is 0.0517. The predicted octanol–water partition coefficient (Wildman–Crippen LogP) is 1.25. The van der Waals surface area contributed by atoms with E-state index in [0.717, 1.165) is 4.31 Å². The summed E-state index contributed by atoms with van der Waals surface area (Å²) in [7, 11) is -0.690. The van der Waals surface area contributed by atoms with Gasteiger partial charge in [0.15, 0.2) is 0 Å². The number of hydrogen-bond acceptors (Lipinski definition) is 3. The Morgan fingerprint density at radius 3 is 2.71 bits per heavy atom. The monoisotopic (exact) mass is 262 g/mol. The number of nitrogens with one attached hydrogen (secondary N) is 1. The molecule has 0 amide bonds. The van der Waals surface area contributed by atoms with E-state index in [2.05, 4.69) is 4.72 Å². The molecule has 1 N–H and O–H groups in total. The van der Waals surface area contributed by atoms with Crippen LogP contribution in [0, 0.1) is 0 Å². The summed E-state index contributed by atoms with van der Waals surface area (Å²) in [4.78, 5) is 0. The fourth-order valence-corrected chi connectivity index (χ4v) is 1.65. The van der Waals surface area contributed by atoms with Crippen molar-refractivity contribution in [3.8, 4) is 5.75 Å². The van der Waals surface area contributed by atoms with Crippen LogP contribution in [0.1, 0.15) is 0 Å². The van der Waals surface area contributed by atoms with E-state index in [0.29, 0.717) is 11.4 Å². The van der Waals surface area contributed by atoms with Gasteiger partial charge in [-0.25, -0.2) is 4.39 Å². The average molecular weight is 262 g/mol. The maximum absolute atomic E-state index is 11.9. The lowest BCUT2D eigenvalue weighted by molar-refractivity contribution is 0.273. The summed E-state index contributed by atoms with van der Waals surface area (Å²) < 4.78 is 43.5. The molecule has 0 saturated heterocycles. The molecule has 0 aliphatic rings. The number of alkyl halides is 1. The highest BCUT2D eigenvalue weighted by atomic mass is 32.2. The molecule has 0 atom stereocenters. The minimum Gasteiger partial charge on any atom is -0.491 e. The van der Waals surface area contributed by atoms with E-state index in [4.69, 9.17) is 4.74 Å². The highest BCUT2D eigenvalue weighted by Crippen LogP contribution is 2.18. The molecule has 0 spiro atoms. The van der Waals surface area contributed by atoms with Crippen LogP contribution in [0.15, 0.2) is 24.3 Å². The van der Waals surface area contributed by atoms with Crippen molar-refractivity contribution < 1.29 is 17.5 Å². The molecular formula is C10H15FN2O3S. The first-order chi connectivity index (χ1) is 7.95. The third kappa shape index (κ3) is 4.20. The molecule has 0 radical (unpaired) electrons. The Balaban J connectivity index is 2.79. The summed E-state index contributed by atoms with van der Waals surface area (Å²) in [6.45, 7) is -0.641. The highest BCUT2D eigenvalue weighted by Gasteiger charge is 2.12. The third-order valence-corrected chi connectivity index (χ3v) is 3.36. The topological polar surface area (TPSA) is 58.6 Å². The van der Waals surface area contributed by atoms with Crippen LogP contribution in [0.2, 0.25) is 0 Å². The molecule has 0 bridgehead atoms. The van der Waals surface area contributed by atoms with Crippen LogP contribution in [-0.4, -0.2) is 40.1 Å². The molecular weight excluding hydrogens is 247 g/mol. The standard InChI is InChI=1S/C10H15FN2O3S/c1-13(2)17(14,15)12-9-4-3-5-10(8-9)16-7-6-11/h3-5,8,12H,6-7H2,1-2H3. The van der Waals surface area contributed by atoms with Crippen molar-refractivity contribution in [3.63, 3.8) is 0 Å². The van der Waals surface area contributed by atoms with Crippen molar-refractivity contribution in [2.75, 3.05) is 32.1 Å². The second-order valence-corrected chi connectivity index (χ2v) is 5.34. The largest absolute Gasteiger partial charge is 0.491 e.